The molecule has 1 heterocycles. The van der Waals surface area contributed by atoms with E-state index in [1.165, 1.54) is 6.20 Å². The number of hydrogen-bond acceptors (Lipinski definition) is 4. The minimum absolute atomic E-state index is 0.119. The standard InChI is InChI=1S/C10H11N3O3S/c11-17(14,15)16-8-9-6-12-13(7-9)10-4-2-1-3-5-10/h1-7H,8H2,(H2,11,14,15). The van der Waals surface area contributed by atoms with Gasteiger partial charge in [-0.2, -0.15) is 13.5 Å². The normalized spacial score (nSPS) is 11.6. The van der Waals surface area contributed by atoms with Crippen LogP contribution in [0.5, 0.6) is 0 Å². The summed E-state index contributed by atoms with van der Waals surface area (Å²) in [4.78, 5) is 0. The van der Waals surface area contributed by atoms with Crippen molar-refractivity contribution >= 4 is 10.3 Å². The van der Waals surface area contributed by atoms with Gasteiger partial charge in [-0.3, -0.25) is 4.18 Å². The van der Waals surface area contributed by atoms with Gasteiger partial charge in [0, 0.05) is 11.8 Å². The Morgan fingerprint density at radius 2 is 2.00 bits per heavy atom. The van der Waals surface area contributed by atoms with Crippen molar-refractivity contribution in [1.29, 1.82) is 0 Å². The highest BCUT2D eigenvalue weighted by Crippen LogP contribution is 2.08. The second-order valence-corrected chi connectivity index (χ2v) is 4.60. The van der Waals surface area contributed by atoms with Crippen molar-refractivity contribution in [2.75, 3.05) is 0 Å². The number of hydrogen-bond donors (Lipinski definition) is 1. The zero-order valence-electron chi connectivity index (χ0n) is 8.85. The molecular formula is C10H11N3O3S. The van der Waals surface area contributed by atoms with Crippen molar-refractivity contribution in [3.8, 4) is 5.69 Å². The highest BCUT2D eigenvalue weighted by atomic mass is 32.2. The molecule has 90 valence electrons. The van der Waals surface area contributed by atoms with E-state index >= 15 is 0 Å². The van der Waals surface area contributed by atoms with E-state index in [-0.39, 0.29) is 6.61 Å². The van der Waals surface area contributed by atoms with E-state index in [4.69, 9.17) is 5.14 Å². The molecule has 0 radical (unpaired) electrons. The number of nitrogens with zero attached hydrogens (tertiary/aromatic N) is 2. The maximum Gasteiger partial charge on any atom is 0.333 e. The maximum absolute atomic E-state index is 10.6. The lowest BCUT2D eigenvalue weighted by Crippen LogP contribution is -2.15. The first-order chi connectivity index (χ1) is 8.04. The van der Waals surface area contributed by atoms with Gasteiger partial charge in [-0.25, -0.2) is 9.82 Å². The number of aromatic nitrogens is 2. The molecule has 0 aliphatic carbocycles. The van der Waals surface area contributed by atoms with Crippen LogP contribution in [0.3, 0.4) is 0 Å². The van der Waals surface area contributed by atoms with Gasteiger partial charge in [-0.15, -0.1) is 0 Å². The Morgan fingerprint density at radius 1 is 1.29 bits per heavy atom. The van der Waals surface area contributed by atoms with Gasteiger partial charge in [0.05, 0.1) is 18.5 Å². The number of rotatable bonds is 4. The SMILES string of the molecule is NS(=O)(=O)OCc1cnn(-c2ccccc2)c1. The first kappa shape index (κ1) is 11.8. The third-order valence-corrected chi connectivity index (χ3v) is 2.49. The third-order valence-electron chi connectivity index (χ3n) is 2.05. The molecule has 17 heavy (non-hydrogen) atoms. The predicted octanol–water partition coefficient (Wildman–Crippen LogP) is 0.592. The van der Waals surface area contributed by atoms with Gasteiger partial charge in [0.25, 0.3) is 0 Å². The van der Waals surface area contributed by atoms with Gasteiger partial charge in [0.1, 0.15) is 0 Å². The largest absolute Gasteiger partial charge is 0.333 e. The summed E-state index contributed by atoms with van der Waals surface area (Å²) in [5, 5.41) is 8.81. The third kappa shape index (κ3) is 3.38. The van der Waals surface area contributed by atoms with E-state index in [1.54, 1.807) is 10.9 Å². The molecule has 0 aliphatic heterocycles. The topological polar surface area (TPSA) is 87.2 Å². The maximum atomic E-state index is 10.6. The van der Waals surface area contributed by atoms with Gasteiger partial charge in [-0.05, 0) is 12.1 Å². The van der Waals surface area contributed by atoms with Crippen molar-refractivity contribution < 1.29 is 12.6 Å². The second kappa shape index (κ2) is 4.66. The average molecular weight is 253 g/mol. The molecule has 0 bridgehead atoms. The molecule has 1 aromatic heterocycles. The molecule has 0 saturated carbocycles. The Morgan fingerprint density at radius 3 is 2.65 bits per heavy atom. The average Bonchev–Trinajstić information content (AvgIpc) is 2.75. The summed E-state index contributed by atoms with van der Waals surface area (Å²) < 4.78 is 27.3. The fourth-order valence-electron chi connectivity index (χ4n) is 1.31. The van der Waals surface area contributed by atoms with E-state index < -0.39 is 10.3 Å². The summed E-state index contributed by atoms with van der Waals surface area (Å²) in [7, 11) is -3.91. The predicted molar refractivity (Wildman–Crippen MR) is 61.5 cm³/mol. The molecular weight excluding hydrogens is 242 g/mol. The highest BCUT2D eigenvalue weighted by molar-refractivity contribution is 7.84. The Hall–Kier alpha value is -1.70. The molecule has 0 spiro atoms. The van der Waals surface area contributed by atoms with E-state index in [2.05, 4.69) is 9.28 Å². The van der Waals surface area contributed by atoms with Crippen LogP contribution in [-0.4, -0.2) is 18.2 Å². The van der Waals surface area contributed by atoms with Crippen molar-refractivity contribution in [3.05, 3.63) is 48.3 Å². The van der Waals surface area contributed by atoms with Crippen molar-refractivity contribution in [1.82, 2.24) is 9.78 Å². The van der Waals surface area contributed by atoms with Crippen molar-refractivity contribution in [2.45, 2.75) is 6.61 Å². The molecule has 2 aromatic rings. The Balaban J connectivity index is 2.12. The molecule has 2 N–H and O–H groups in total. The molecule has 6 nitrogen and oxygen atoms in total. The summed E-state index contributed by atoms with van der Waals surface area (Å²) in [6.07, 6.45) is 3.21. The second-order valence-electron chi connectivity index (χ2n) is 3.38. The summed E-state index contributed by atoms with van der Waals surface area (Å²) in [5.41, 5.74) is 1.51. The smallest absolute Gasteiger partial charge is 0.253 e. The first-order valence-electron chi connectivity index (χ1n) is 4.81. The minimum atomic E-state index is -3.91. The highest BCUT2D eigenvalue weighted by Gasteiger charge is 2.05. The van der Waals surface area contributed by atoms with Crippen LogP contribution in [0.25, 0.3) is 5.69 Å². The fraction of sp³-hybridized carbons (Fsp3) is 0.100. The van der Waals surface area contributed by atoms with Crippen LogP contribution in [0.2, 0.25) is 0 Å². The number of benzene rings is 1. The lowest BCUT2D eigenvalue weighted by Gasteiger charge is -1.99. The lowest BCUT2D eigenvalue weighted by atomic mass is 10.3. The van der Waals surface area contributed by atoms with Crippen LogP contribution in [0.4, 0.5) is 0 Å². The minimum Gasteiger partial charge on any atom is -0.253 e. The lowest BCUT2D eigenvalue weighted by molar-refractivity contribution is 0.308. The molecule has 0 saturated heterocycles. The molecule has 0 fully saturated rings. The first-order valence-corrected chi connectivity index (χ1v) is 6.28. The number of para-hydroxylation sites is 1. The summed E-state index contributed by atoms with van der Waals surface area (Å²) in [5.74, 6) is 0. The molecule has 7 heteroatoms. The van der Waals surface area contributed by atoms with Crippen LogP contribution in [-0.2, 0) is 21.1 Å². The fourth-order valence-corrected chi connectivity index (χ4v) is 1.61. The van der Waals surface area contributed by atoms with Crippen LogP contribution < -0.4 is 5.14 Å². The molecule has 0 atom stereocenters. The van der Waals surface area contributed by atoms with Gasteiger partial charge in [-0.1, -0.05) is 18.2 Å². The Kier molecular flexibility index (Phi) is 3.23. The Labute approximate surface area is 98.9 Å². The molecule has 2 rings (SSSR count). The molecule has 1 aromatic carbocycles. The van der Waals surface area contributed by atoms with E-state index in [0.717, 1.165) is 5.69 Å². The van der Waals surface area contributed by atoms with Crippen LogP contribution in [0.1, 0.15) is 5.56 Å². The van der Waals surface area contributed by atoms with Gasteiger partial charge in [0.15, 0.2) is 0 Å². The zero-order valence-corrected chi connectivity index (χ0v) is 9.67. The monoisotopic (exact) mass is 253 g/mol. The molecule has 0 aliphatic rings. The molecule has 0 unspecified atom stereocenters. The summed E-state index contributed by atoms with van der Waals surface area (Å²) in [6, 6.07) is 9.45. The quantitative estimate of drug-likeness (QED) is 0.864. The number of nitrogens with two attached hydrogens (primary N) is 1. The van der Waals surface area contributed by atoms with Gasteiger partial charge < -0.3 is 0 Å². The van der Waals surface area contributed by atoms with Crippen molar-refractivity contribution in [2.24, 2.45) is 5.14 Å². The Bertz CT molecular complexity index is 592. The summed E-state index contributed by atoms with van der Waals surface area (Å²) in [6.45, 7) is -0.119. The zero-order chi connectivity index (χ0) is 12.3. The van der Waals surface area contributed by atoms with Crippen LogP contribution in [0.15, 0.2) is 42.7 Å². The van der Waals surface area contributed by atoms with Crippen molar-refractivity contribution in [3.63, 3.8) is 0 Å². The van der Waals surface area contributed by atoms with E-state index in [1.807, 2.05) is 30.3 Å². The summed E-state index contributed by atoms with van der Waals surface area (Å²) >= 11 is 0. The van der Waals surface area contributed by atoms with Crippen LogP contribution >= 0.6 is 0 Å². The van der Waals surface area contributed by atoms with Gasteiger partial charge >= 0.3 is 10.3 Å². The van der Waals surface area contributed by atoms with Crippen LogP contribution in [0, 0.1) is 0 Å². The van der Waals surface area contributed by atoms with E-state index in [9.17, 15) is 8.42 Å². The van der Waals surface area contributed by atoms with E-state index in [0.29, 0.717) is 5.56 Å². The molecule has 0 amide bonds. The van der Waals surface area contributed by atoms with Gasteiger partial charge in [0.2, 0.25) is 0 Å².